The minimum atomic E-state index is -4.92. The number of halogens is 8. The largest absolute Gasteiger partial charge is 0.416 e. The topological polar surface area (TPSA) is 41.1 Å². The number of nitrogens with zero attached hydrogens (tertiary/aromatic N) is 3. The number of benzene rings is 2. The summed E-state index contributed by atoms with van der Waals surface area (Å²) in [5.41, 5.74) is -1.64. The molecule has 0 radical (unpaired) electrons. The maximum Gasteiger partial charge on any atom is 0.416 e. The Morgan fingerprint density at radius 1 is 0.872 bits per heavy atom. The van der Waals surface area contributed by atoms with Crippen molar-refractivity contribution in [3.63, 3.8) is 0 Å². The highest BCUT2D eigenvalue weighted by molar-refractivity contribution is 9.10. The van der Waals surface area contributed by atoms with Crippen LogP contribution in [0.3, 0.4) is 0 Å². The second-order valence-electron chi connectivity index (χ2n) is 9.53. The first-order valence-corrected chi connectivity index (χ1v) is 13.0. The van der Waals surface area contributed by atoms with Crippen molar-refractivity contribution in [1.82, 2.24) is 15.3 Å². The first-order chi connectivity index (χ1) is 17.9. The molecular weight excluding hydrogens is 610 g/mol. The molecule has 12 heteroatoms. The van der Waals surface area contributed by atoms with Gasteiger partial charge >= 0.3 is 12.4 Å². The Labute approximate surface area is 237 Å². The lowest BCUT2D eigenvalue weighted by Gasteiger charge is -2.42. The van der Waals surface area contributed by atoms with Gasteiger partial charge in [0.2, 0.25) is 5.95 Å². The van der Waals surface area contributed by atoms with E-state index in [0.717, 1.165) is 30.5 Å². The number of anilines is 1. The van der Waals surface area contributed by atoms with Crippen LogP contribution in [0.15, 0.2) is 65.4 Å². The third kappa shape index (κ3) is 8.31. The van der Waals surface area contributed by atoms with Crippen LogP contribution in [0.25, 0.3) is 0 Å². The number of hydrogen-bond donors (Lipinski definition) is 1. The molecule has 4 rings (SSSR count). The van der Waals surface area contributed by atoms with Gasteiger partial charge in [0.05, 0.1) is 15.6 Å². The van der Waals surface area contributed by atoms with Crippen molar-refractivity contribution < 1.29 is 26.3 Å². The third-order valence-corrected chi connectivity index (χ3v) is 7.12. The second-order valence-corrected chi connectivity index (χ2v) is 10.4. The molecule has 1 aliphatic heterocycles. The lowest BCUT2D eigenvalue weighted by molar-refractivity contribution is -0.143. The molecular formula is C27H28BrClF6N4. The summed E-state index contributed by atoms with van der Waals surface area (Å²) < 4.78 is 81.8. The van der Waals surface area contributed by atoms with Gasteiger partial charge < -0.3 is 10.2 Å². The average molecular weight is 638 g/mol. The molecule has 3 atom stereocenters. The van der Waals surface area contributed by atoms with Gasteiger partial charge in [-0.05, 0) is 70.9 Å². The smallest absolute Gasteiger partial charge is 0.333 e. The van der Waals surface area contributed by atoms with Crippen LogP contribution in [-0.4, -0.2) is 28.1 Å². The molecule has 3 aromatic rings. The molecule has 4 nitrogen and oxygen atoms in total. The van der Waals surface area contributed by atoms with Crippen LogP contribution in [0.5, 0.6) is 0 Å². The highest BCUT2D eigenvalue weighted by Gasteiger charge is 2.38. The zero-order valence-electron chi connectivity index (χ0n) is 20.9. The Morgan fingerprint density at radius 3 is 1.97 bits per heavy atom. The molecule has 1 aromatic heterocycles. The number of alkyl halides is 6. The minimum Gasteiger partial charge on any atom is -0.333 e. The number of hydrogen-bond acceptors (Lipinski definition) is 4. The molecule has 3 unspecified atom stereocenters. The van der Waals surface area contributed by atoms with E-state index in [-0.39, 0.29) is 54.7 Å². The van der Waals surface area contributed by atoms with E-state index < -0.39 is 23.5 Å². The van der Waals surface area contributed by atoms with E-state index in [0.29, 0.717) is 17.3 Å². The number of piperidine rings is 1. The van der Waals surface area contributed by atoms with Crippen molar-refractivity contribution in [2.24, 2.45) is 0 Å². The maximum atomic E-state index is 13.5. The van der Waals surface area contributed by atoms with Gasteiger partial charge in [0.25, 0.3) is 0 Å². The first-order valence-electron chi connectivity index (χ1n) is 12.2. The summed E-state index contributed by atoms with van der Waals surface area (Å²) >= 11 is 3.28. The molecule has 0 amide bonds. The van der Waals surface area contributed by atoms with E-state index in [2.05, 4.69) is 31.2 Å². The Kier molecular flexibility index (Phi) is 10.3. The van der Waals surface area contributed by atoms with Gasteiger partial charge in [0.1, 0.15) is 0 Å². The number of nitrogens with one attached hydrogen (secondary N) is 1. The fourth-order valence-corrected chi connectivity index (χ4v) is 5.13. The Morgan fingerprint density at radius 2 is 1.44 bits per heavy atom. The van der Waals surface area contributed by atoms with Crippen LogP contribution in [0.2, 0.25) is 0 Å². The molecule has 1 N–H and O–H groups in total. The molecule has 0 saturated carbocycles. The van der Waals surface area contributed by atoms with Crippen molar-refractivity contribution in [2.75, 3.05) is 4.90 Å². The SMILES string of the molecule is CCC1CC(N(Cc2cc(C(F)(F)F)cc(C(F)(F)F)c2)c2ncc(Br)cn2)CC(Cc2ccccc2)N1.Cl. The molecule has 0 aliphatic carbocycles. The summed E-state index contributed by atoms with van der Waals surface area (Å²) in [6.45, 7) is 1.84. The van der Waals surface area contributed by atoms with Crippen LogP contribution in [0, 0.1) is 0 Å². The van der Waals surface area contributed by atoms with Gasteiger partial charge in [0.15, 0.2) is 0 Å². The summed E-state index contributed by atoms with van der Waals surface area (Å²) in [6.07, 6.45) is -3.98. The molecule has 1 fully saturated rings. The third-order valence-electron chi connectivity index (χ3n) is 6.71. The van der Waals surface area contributed by atoms with Gasteiger partial charge in [-0.2, -0.15) is 26.3 Å². The van der Waals surface area contributed by atoms with Crippen LogP contribution >= 0.6 is 28.3 Å². The van der Waals surface area contributed by atoms with Crippen molar-refractivity contribution in [3.05, 3.63) is 87.7 Å². The Balaban J connectivity index is 0.00000420. The monoisotopic (exact) mass is 636 g/mol. The highest BCUT2D eigenvalue weighted by Crippen LogP contribution is 2.37. The van der Waals surface area contributed by atoms with Gasteiger partial charge in [-0.3, -0.25) is 0 Å². The van der Waals surface area contributed by atoms with Crippen molar-refractivity contribution in [2.45, 2.75) is 69.6 Å². The van der Waals surface area contributed by atoms with Gasteiger partial charge in [0, 0.05) is 37.1 Å². The van der Waals surface area contributed by atoms with Crippen molar-refractivity contribution in [1.29, 1.82) is 0 Å². The quantitative estimate of drug-likeness (QED) is 0.268. The van der Waals surface area contributed by atoms with Crippen LogP contribution in [0.4, 0.5) is 32.3 Å². The van der Waals surface area contributed by atoms with Crippen molar-refractivity contribution >= 4 is 34.3 Å². The predicted octanol–water partition coefficient (Wildman–Crippen LogP) is 7.85. The zero-order valence-corrected chi connectivity index (χ0v) is 23.3. The van der Waals surface area contributed by atoms with E-state index in [9.17, 15) is 26.3 Å². The second kappa shape index (κ2) is 12.9. The van der Waals surface area contributed by atoms with E-state index in [1.807, 2.05) is 37.3 Å². The molecule has 2 aromatic carbocycles. The molecule has 2 heterocycles. The lowest BCUT2D eigenvalue weighted by atomic mass is 9.88. The lowest BCUT2D eigenvalue weighted by Crippen LogP contribution is -2.53. The number of rotatable bonds is 7. The van der Waals surface area contributed by atoms with E-state index >= 15 is 0 Å². The van der Waals surface area contributed by atoms with Crippen molar-refractivity contribution in [3.8, 4) is 0 Å². The van der Waals surface area contributed by atoms with E-state index in [1.54, 1.807) is 4.90 Å². The molecule has 1 saturated heterocycles. The summed E-state index contributed by atoms with van der Waals surface area (Å²) in [5.74, 6) is 0.249. The average Bonchev–Trinajstić information content (AvgIpc) is 2.87. The predicted molar refractivity (Wildman–Crippen MR) is 144 cm³/mol. The maximum absolute atomic E-state index is 13.5. The first kappa shape index (κ1) is 31.2. The van der Waals surface area contributed by atoms with E-state index in [1.165, 1.54) is 12.4 Å². The van der Waals surface area contributed by atoms with Crippen LogP contribution in [-0.2, 0) is 25.3 Å². The number of aromatic nitrogens is 2. The molecule has 212 valence electrons. The summed E-state index contributed by atoms with van der Waals surface area (Å²) in [6, 6.07) is 11.6. The fraction of sp³-hybridized carbons (Fsp3) is 0.407. The molecule has 1 aliphatic rings. The minimum absolute atomic E-state index is 0. The Hall–Kier alpha value is -2.37. The van der Waals surface area contributed by atoms with E-state index in [4.69, 9.17) is 0 Å². The molecule has 0 spiro atoms. The van der Waals surface area contributed by atoms with Crippen LogP contribution in [0.1, 0.15) is 48.4 Å². The summed E-state index contributed by atoms with van der Waals surface area (Å²) in [4.78, 5) is 10.5. The fourth-order valence-electron chi connectivity index (χ4n) is 4.93. The Bertz CT molecular complexity index is 1180. The van der Waals surface area contributed by atoms with Gasteiger partial charge in [-0.25, -0.2) is 9.97 Å². The summed E-state index contributed by atoms with van der Waals surface area (Å²) in [7, 11) is 0. The molecule has 0 bridgehead atoms. The summed E-state index contributed by atoms with van der Waals surface area (Å²) in [5, 5.41) is 3.65. The zero-order chi connectivity index (χ0) is 27.5. The highest BCUT2D eigenvalue weighted by atomic mass is 79.9. The standard InChI is InChI=1S/C27H27BrF6N4.ClH/c1-2-22-12-24(13-23(37-22)10-17-6-4-3-5-7-17)38(25-35-14-21(28)15-36-25)16-18-8-19(26(29,30)31)11-20(9-18)27(32,33)34;/h3-9,11,14-15,22-24,37H,2,10,12-13,16H2,1H3;1H. The van der Waals surface area contributed by atoms with Crippen LogP contribution < -0.4 is 10.2 Å². The molecule has 39 heavy (non-hydrogen) atoms. The van der Waals surface area contributed by atoms with Gasteiger partial charge in [-0.15, -0.1) is 12.4 Å². The van der Waals surface area contributed by atoms with Gasteiger partial charge in [-0.1, -0.05) is 37.3 Å². The normalized spacial score (nSPS) is 19.8.